The third kappa shape index (κ3) is 2.73. The van der Waals surface area contributed by atoms with Crippen LogP contribution in [0.5, 0.6) is 0 Å². The second-order valence-electron chi connectivity index (χ2n) is 8.17. The Kier molecular flexibility index (Phi) is 4.42. The summed E-state index contributed by atoms with van der Waals surface area (Å²) in [5, 5.41) is 0. The van der Waals surface area contributed by atoms with E-state index >= 15 is 0 Å². The predicted molar refractivity (Wildman–Crippen MR) is 94.0 cm³/mol. The number of likely N-dealkylation sites (tertiary alicyclic amines) is 1. The molecule has 5 fully saturated rings. The van der Waals surface area contributed by atoms with Gasteiger partial charge in [0.05, 0.1) is 6.61 Å². The number of ether oxygens (including phenoxy) is 1. The molecule has 6 heteroatoms. The van der Waals surface area contributed by atoms with Gasteiger partial charge in [-0.05, 0) is 50.9 Å². The maximum atomic E-state index is 12.6. The lowest BCUT2D eigenvalue weighted by Crippen LogP contribution is -2.65. The highest BCUT2D eigenvalue weighted by Crippen LogP contribution is 2.56. The van der Waals surface area contributed by atoms with Gasteiger partial charge in [-0.15, -0.1) is 0 Å². The molecule has 2 saturated carbocycles. The number of amides is 2. The van der Waals surface area contributed by atoms with Gasteiger partial charge in [-0.2, -0.15) is 0 Å². The summed E-state index contributed by atoms with van der Waals surface area (Å²) in [5.41, 5.74) is 0. The fourth-order valence-electron chi connectivity index (χ4n) is 5.74. The van der Waals surface area contributed by atoms with E-state index in [1.54, 1.807) is 0 Å². The molecule has 2 aliphatic carbocycles. The van der Waals surface area contributed by atoms with Gasteiger partial charge in [-0.3, -0.25) is 9.69 Å². The smallest absolute Gasteiger partial charge is 0.409 e. The van der Waals surface area contributed by atoms with Crippen LogP contribution in [0.25, 0.3) is 0 Å². The summed E-state index contributed by atoms with van der Waals surface area (Å²) in [5.74, 6) is 3.01. The lowest BCUT2D eigenvalue weighted by molar-refractivity contribution is -0.133. The van der Waals surface area contributed by atoms with Crippen molar-refractivity contribution in [1.82, 2.24) is 14.7 Å². The highest BCUT2D eigenvalue weighted by molar-refractivity contribution is 5.82. The first kappa shape index (κ1) is 17.1. The SMILES string of the molecule is CCOC(=O)N1CC2CC(C1)C2N1C[C@@H]2[C@H](C1)[C@H]2C(=O)N(CC)CC. The Morgan fingerprint density at radius 1 is 1.00 bits per heavy atom. The molecule has 0 aromatic carbocycles. The van der Waals surface area contributed by atoms with E-state index in [2.05, 4.69) is 18.7 Å². The Balaban J connectivity index is 1.29. The van der Waals surface area contributed by atoms with E-state index in [4.69, 9.17) is 4.74 Å². The van der Waals surface area contributed by atoms with E-state index in [0.717, 1.165) is 39.3 Å². The van der Waals surface area contributed by atoms with Crippen molar-refractivity contribution in [2.45, 2.75) is 33.2 Å². The molecular weight excluding hydrogens is 318 g/mol. The normalized spacial score (nSPS) is 38.8. The molecule has 0 N–H and O–H groups in total. The summed E-state index contributed by atoms with van der Waals surface area (Å²) >= 11 is 0. The Hall–Kier alpha value is -1.30. The van der Waals surface area contributed by atoms with E-state index in [9.17, 15) is 9.59 Å². The molecular formula is C19H31N3O3. The van der Waals surface area contributed by atoms with Crippen LogP contribution in [0.15, 0.2) is 0 Å². The maximum Gasteiger partial charge on any atom is 0.409 e. The van der Waals surface area contributed by atoms with Gasteiger partial charge < -0.3 is 14.5 Å². The Labute approximate surface area is 150 Å². The monoisotopic (exact) mass is 349 g/mol. The molecule has 3 saturated heterocycles. The predicted octanol–water partition coefficient (Wildman–Crippen LogP) is 1.51. The molecule has 0 aromatic rings. The summed E-state index contributed by atoms with van der Waals surface area (Å²) < 4.78 is 5.15. The fourth-order valence-corrected chi connectivity index (χ4v) is 5.74. The minimum absolute atomic E-state index is 0.148. The van der Waals surface area contributed by atoms with Gasteiger partial charge in [-0.1, -0.05) is 0 Å². The average molecular weight is 349 g/mol. The molecule has 5 rings (SSSR count). The number of rotatable bonds is 5. The fraction of sp³-hybridized carbons (Fsp3) is 0.895. The Morgan fingerprint density at radius 2 is 1.60 bits per heavy atom. The van der Waals surface area contributed by atoms with Crippen LogP contribution in [0.3, 0.4) is 0 Å². The van der Waals surface area contributed by atoms with Crippen molar-refractivity contribution < 1.29 is 14.3 Å². The van der Waals surface area contributed by atoms with Gasteiger partial charge >= 0.3 is 6.09 Å². The van der Waals surface area contributed by atoms with Crippen molar-refractivity contribution in [1.29, 1.82) is 0 Å². The Morgan fingerprint density at radius 3 is 2.12 bits per heavy atom. The highest BCUT2D eigenvalue weighted by Gasteiger charge is 2.63. The van der Waals surface area contributed by atoms with Gasteiger partial charge in [0.15, 0.2) is 0 Å². The van der Waals surface area contributed by atoms with Crippen LogP contribution in [0.2, 0.25) is 0 Å². The largest absolute Gasteiger partial charge is 0.450 e. The topological polar surface area (TPSA) is 53.1 Å². The molecule has 3 heterocycles. The number of nitrogens with zero attached hydrogens (tertiary/aromatic N) is 3. The molecule has 2 amide bonds. The second kappa shape index (κ2) is 6.45. The van der Waals surface area contributed by atoms with Crippen LogP contribution < -0.4 is 0 Å². The van der Waals surface area contributed by atoms with Crippen molar-refractivity contribution in [3.05, 3.63) is 0 Å². The summed E-state index contributed by atoms with van der Waals surface area (Å²) in [7, 11) is 0. The summed E-state index contributed by atoms with van der Waals surface area (Å²) in [4.78, 5) is 31.0. The number of piperidine rings is 3. The van der Waals surface area contributed by atoms with Crippen LogP contribution in [0.4, 0.5) is 4.79 Å². The molecule has 0 radical (unpaired) electrons. The summed E-state index contributed by atoms with van der Waals surface area (Å²) in [6.45, 7) is 11.9. The molecule has 2 bridgehead atoms. The zero-order valence-corrected chi connectivity index (χ0v) is 15.7. The number of fused-ring (bicyclic) bond motifs is 3. The van der Waals surface area contributed by atoms with Crippen LogP contribution in [0.1, 0.15) is 27.2 Å². The molecule has 25 heavy (non-hydrogen) atoms. The summed E-state index contributed by atoms with van der Waals surface area (Å²) in [6, 6.07) is 0.627. The quantitative estimate of drug-likeness (QED) is 0.755. The molecule has 2 unspecified atom stereocenters. The molecule has 0 aromatic heterocycles. The van der Waals surface area contributed by atoms with Gasteiger partial charge in [0.1, 0.15) is 0 Å². The van der Waals surface area contributed by atoms with Crippen LogP contribution >= 0.6 is 0 Å². The van der Waals surface area contributed by atoms with E-state index in [1.165, 1.54) is 6.42 Å². The van der Waals surface area contributed by atoms with Gasteiger partial charge in [0.2, 0.25) is 5.91 Å². The van der Waals surface area contributed by atoms with E-state index in [-0.39, 0.29) is 12.0 Å². The molecule has 140 valence electrons. The molecule has 3 aliphatic heterocycles. The van der Waals surface area contributed by atoms with E-state index < -0.39 is 0 Å². The van der Waals surface area contributed by atoms with Crippen LogP contribution in [-0.2, 0) is 9.53 Å². The van der Waals surface area contributed by atoms with E-state index in [1.807, 2.05) is 16.7 Å². The van der Waals surface area contributed by atoms with Crippen LogP contribution in [-0.4, -0.2) is 78.6 Å². The first-order valence-electron chi connectivity index (χ1n) is 10.0. The van der Waals surface area contributed by atoms with Crippen molar-refractivity contribution in [2.75, 3.05) is 45.9 Å². The minimum Gasteiger partial charge on any atom is -0.450 e. The molecule has 6 nitrogen and oxygen atoms in total. The highest BCUT2D eigenvalue weighted by atomic mass is 16.6. The van der Waals surface area contributed by atoms with E-state index in [0.29, 0.717) is 42.2 Å². The third-order valence-electron chi connectivity index (χ3n) is 7.01. The number of hydrogen-bond acceptors (Lipinski definition) is 4. The number of carbonyl (C=O) groups is 2. The second-order valence-corrected chi connectivity index (χ2v) is 8.17. The molecule has 0 spiro atoms. The lowest BCUT2D eigenvalue weighted by Gasteiger charge is -2.56. The van der Waals surface area contributed by atoms with Gasteiger partial charge in [0, 0.05) is 51.2 Å². The van der Waals surface area contributed by atoms with Crippen molar-refractivity contribution in [3.8, 4) is 0 Å². The standard InChI is InChI=1S/C19H31N3O3/c1-4-20(5-2)18(23)16-14-10-21(11-15(14)16)17-12-7-13(17)9-22(8-12)19(24)25-6-3/h12-17H,4-11H2,1-3H3/t12?,13?,14-,15+,16+,17?. The van der Waals surface area contributed by atoms with Crippen LogP contribution in [0, 0.1) is 29.6 Å². The van der Waals surface area contributed by atoms with Gasteiger partial charge in [0.25, 0.3) is 0 Å². The molecule has 5 aliphatic rings. The number of hydrogen-bond donors (Lipinski definition) is 0. The zero-order valence-electron chi connectivity index (χ0n) is 15.7. The zero-order chi connectivity index (χ0) is 17.7. The average Bonchev–Trinajstić information content (AvgIpc) is 3.11. The first-order chi connectivity index (χ1) is 12.1. The number of carbonyl (C=O) groups excluding carboxylic acids is 2. The third-order valence-corrected chi connectivity index (χ3v) is 7.01. The van der Waals surface area contributed by atoms with Crippen molar-refractivity contribution in [3.63, 3.8) is 0 Å². The first-order valence-corrected chi connectivity index (χ1v) is 10.0. The minimum atomic E-state index is -0.148. The van der Waals surface area contributed by atoms with Gasteiger partial charge in [-0.25, -0.2) is 4.79 Å². The molecule has 5 atom stereocenters. The Bertz CT molecular complexity index is 526. The van der Waals surface area contributed by atoms with Crippen molar-refractivity contribution >= 4 is 12.0 Å². The summed E-state index contributed by atoms with van der Waals surface area (Å²) in [6.07, 6.45) is 1.10. The van der Waals surface area contributed by atoms with Crippen molar-refractivity contribution in [2.24, 2.45) is 29.6 Å². The lowest BCUT2D eigenvalue weighted by atomic mass is 9.65. The maximum absolute atomic E-state index is 12.6.